The average molecular weight is 271 g/mol. The van der Waals surface area contributed by atoms with Crippen LogP contribution in [0.5, 0.6) is 0 Å². The molecule has 1 aromatic heterocycles. The molecule has 0 spiro atoms. The molecule has 1 atom stereocenters. The predicted molar refractivity (Wildman–Crippen MR) is 82.2 cm³/mol. The Morgan fingerprint density at radius 2 is 2.06 bits per heavy atom. The molecule has 0 saturated heterocycles. The smallest absolute Gasteiger partial charge is 0.0410 e. The summed E-state index contributed by atoms with van der Waals surface area (Å²) in [5, 5.41) is 2.16. The molecule has 0 saturated carbocycles. The first-order chi connectivity index (χ1) is 8.08. The van der Waals surface area contributed by atoms with Crippen LogP contribution in [0.25, 0.3) is 0 Å². The summed E-state index contributed by atoms with van der Waals surface area (Å²) in [6.07, 6.45) is 2.41. The first kappa shape index (κ1) is 15.1. The van der Waals surface area contributed by atoms with Crippen LogP contribution in [0.1, 0.15) is 44.5 Å². The number of thiol groups is 1. The van der Waals surface area contributed by atoms with Crippen molar-refractivity contribution < 1.29 is 0 Å². The number of hydrogen-bond donors (Lipinski definition) is 1. The fourth-order valence-corrected chi connectivity index (χ4v) is 3.55. The van der Waals surface area contributed by atoms with Crippen LogP contribution in [-0.2, 0) is 0 Å². The Bertz CT molecular complexity index is 296. The van der Waals surface area contributed by atoms with E-state index in [4.69, 9.17) is 0 Å². The van der Waals surface area contributed by atoms with Gasteiger partial charge in [-0.1, -0.05) is 19.9 Å². The van der Waals surface area contributed by atoms with E-state index in [1.54, 1.807) is 0 Å². The van der Waals surface area contributed by atoms with Gasteiger partial charge in [0.05, 0.1) is 0 Å². The van der Waals surface area contributed by atoms with E-state index in [0.29, 0.717) is 11.5 Å². The minimum atomic E-state index is 0.364. The van der Waals surface area contributed by atoms with Crippen LogP contribution in [-0.4, -0.2) is 24.2 Å². The Kier molecular flexibility index (Phi) is 6.04. The van der Waals surface area contributed by atoms with Gasteiger partial charge in [-0.15, -0.1) is 11.3 Å². The second kappa shape index (κ2) is 6.81. The second-order valence-electron chi connectivity index (χ2n) is 4.97. The summed E-state index contributed by atoms with van der Waals surface area (Å²) in [6, 6.07) is 4.87. The van der Waals surface area contributed by atoms with Gasteiger partial charge >= 0.3 is 0 Å². The van der Waals surface area contributed by atoms with E-state index in [1.807, 2.05) is 11.3 Å². The summed E-state index contributed by atoms with van der Waals surface area (Å²) in [5.74, 6) is 0.974. The maximum Gasteiger partial charge on any atom is 0.0410 e. The quantitative estimate of drug-likeness (QED) is 0.716. The molecule has 0 amide bonds. The molecule has 0 aliphatic heterocycles. The molecule has 3 heteroatoms. The number of nitrogens with zero attached hydrogens (tertiary/aromatic N) is 1. The molecule has 0 aliphatic carbocycles. The number of rotatable bonds is 7. The minimum Gasteiger partial charge on any atom is -0.298 e. The van der Waals surface area contributed by atoms with Gasteiger partial charge < -0.3 is 0 Å². The van der Waals surface area contributed by atoms with Crippen molar-refractivity contribution in [2.24, 2.45) is 5.41 Å². The fraction of sp³-hybridized carbons (Fsp3) is 0.714. The topological polar surface area (TPSA) is 3.24 Å². The zero-order chi connectivity index (χ0) is 12.9. The Hall–Kier alpha value is 0.01000. The molecule has 0 fully saturated rings. The van der Waals surface area contributed by atoms with E-state index in [1.165, 1.54) is 17.7 Å². The molecule has 1 aromatic rings. The Morgan fingerprint density at radius 1 is 1.41 bits per heavy atom. The molecule has 1 nitrogen and oxygen atoms in total. The van der Waals surface area contributed by atoms with Crippen molar-refractivity contribution in [1.29, 1.82) is 0 Å². The predicted octanol–water partition coefficient (Wildman–Crippen LogP) is 4.48. The van der Waals surface area contributed by atoms with E-state index in [0.717, 1.165) is 12.3 Å². The molecule has 0 aromatic carbocycles. The van der Waals surface area contributed by atoms with Crippen LogP contribution in [0.3, 0.4) is 0 Å². The highest BCUT2D eigenvalue weighted by Gasteiger charge is 2.28. The highest BCUT2D eigenvalue weighted by molar-refractivity contribution is 7.80. The van der Waals surface area contributed by atoms with Crippen LogP contribution in [0, 0.1) is 5.41 Å². The van der Waals surface area contributed by atoms with Crippen molar-refractivity contribution in [2.75, 3.05) is 19.3 Å². The lowest BCUT2D eigenvalue weighted by molar-refractivity contribution is 0.152. The lowest BCUT2D eigenvalue weighted by Gasteiger charge is -2.37. The van der Waals surface area contributed by atoms with Gasteiger partial charge in [0.1, 0.15) is 0 Å². The van der Waals surface area contributed by atoms with E-state index in [2.05, 4.69) is 62.9 Å². The maximum atomic E-state index is 4.56. The lowest BCUT2D eigenvalue weighted by atomic mass is 9.83. The Balaban J connectivity index is 2.67. The molecule has 0 radical (unpaired) electrons. The molecule has 0 bridgehead atoms. The Morgan fingerprint density at radius 3 is 2.47 bits per heavy atom. The standard InChI is InChI=1S/C14H25NS2/c1-5-14(6-2,11-16)10-15(4)12(3)13-8-7-9-17-13/h7-9,12,16H,5-6,10-11H2,1-4H3. The lowest BCUT2D eigenvalue weighted by Crippen LogP contribution is -2.37. The third-order valence-electron chi connectivity index (χ3n) is 4.04. The molecule has 1 rings (SSSR count). The van der Waals surface area contributed by atoms with Crippen molar-refractivity contribution in [3.63, 3.8) is 0 Å². The summed E-state index contributed by atoms with van der Waals surface area (Å²) in [6.45, 7) is 7.98. The molecule has 0 aliphatic rings. The van der Waals surface area contributed by atoms with E-state index in [9.17, 15) is 0 Å². The van der Waals surface area contributed by atoms with Gasteiger partial charge in [-0.2, -0.15) is 12.6 Å². The molecule has 0 N–H and O–H groups in total. The summed E-state index contributed by atoms with van der Waals surface area (Å²) >= 11 is 6.40. The van der Waals surface area contributed by atoms with Crippen molar-refractivity contribution in [3.05, 3.63) is 22.4 Å². The summed E-state index contributed by atoms with van der Waals surface area (Å²) in [7, 11) is 2.23. The second-order valence-corrected chi connectivity index (χ2v) is 6.27. The van der Waals surface area contributed by atoms with E-state index >= 15 is 0 Å². The molecular formula is C14H25NS2. The van der Waals surface area contributed by atoms with Gasteiger partial charge in [-0.25, -0.2) is 0 Å². The van der Waals surface area contributed by atoms with E-state index in [-0.39, 0.29) is 0 Å². The highest BCUT2D eigenvalue weighted by Crippen LogP contribution is 2.32. The van der Waals surface area contributed by atoms with Gasteiger partial charge in [0, 0.05) is 17.5 Å². The van der Waals surface area contributed by atoms with Crippen LogP contribution in [0.2, 0.25) is 0 Å². The zero-order valence-corrected chi connectivity index (χ0v) is 13.2. The molecule has 1 heterocycles. The Labute approximate surface area is 116 Å². The SMILES string of the molecule is CCC(CC)(CS)CN(C)C(C)c1cccs1. The largest absolute Gasteiger partial charge is 0.298 e. The highest BCUT2D eigenvalue weighted by atomic mass is 32.1. The van der Waals surface area contributed by atoms with Gasteiger partial charge in [-0.3, -0.25) is 4.90 Å². The normalized spacial score (nSPS) is 14.2. The third-order valence-corrected chi connectivity index (χ3v) is 5.75. The van der Waals surface area contributed by atoms with Gasteiger partial charge in [0.15, 0.2) is 0 Å². The number of thiophene rings is 1. The van der Waals surface area contributed by atoms with Crippen molar-refractivity contribution >= 4 is 24.0 Å². The molecular weight excluding hydrogens is 246 g/mol. The van der Waals surface area contributed by atoms with Crippen molar-refractivity contribution in [2.45, 2.75) is 39.7 Å². The molecule has 1 unspecified atom stereocenters. The maximum absolute atomic E-state index is 4.56. The van der Waals surface area contributed by atoms with Gasteiger partial charge in [0.2, 0.25) is 0 Å². The van der Waals surface area contributed by atoms with E-state index < -0.39 is 0 Å². The summed E-state index contributed by atoms with van der Waals surface area (Å²) in [4.78, 5) is 3.92. The van der Waals surface area contributed by atoms with Crippen LogP contribution in [0.4, 0.5) is 0 Å². The van der Waals surface area contributed by atoms with Crippen LogP contribution < -0.4 is 0 Å². The van der Waals surface area contributed by atoms with Crippen LogP contribution >= 0.6 is 24.0 Å². The first-order valence-corrected chi connectivity index (χ1v) is 7.94. The van der Waals surface area contributed by atoms with Crippen LogP contribution in [0.15, 0.2) is 17.5 Å². The van der Waals surface area contributed by atoms with Crippen molar-refractivity contribution in [3.8, 4) is 0 Å². The van der Waals surface area contributed by atoms with Crippen molar-refractivity contribution in [1.82, 2.24) is 4.90 Å². The van der Waals surface area contributed by atoms with Gasteiger partial charge in [0.25, 0.3) is 0 Å². The molecule has 98 valence electrons. The van der Waals surface area contributed by atoms with Gasteiger partial charge in [-0.05, 0) is 49.4 Å². The minimum absolute atomic E-state index is 0.364. The first-order valence-electron chi connectivity index (χ1n) is 6.43. The summed E-state index contributed by atoms with van der Waals surface area (Å²) < 4.78 is 0. The molecule has 17 heavy (non-hydrogen) atoms. The monoisotopic (exact) mass is 271 g/mol. The summed E-state index contributed by atoms with van der Waals surface area (Å²) in [5.41, 5.74) is 0.364. The third kappa shape index (κ3) is 3.73. The zero-order valence-electron chi connectivity index (χ0n) is 11.4. The fourth-order valence-electron chi connectivity index (χ4n) is 2.16. The number of hydrogen-bond acceptors (Lipinski definition) is 3. The average Bonchev–Trinajstić information content (AvgIpc) is 2.88.